The van der Waals surface area contributed by atoms with Crippen molar-refractivity contribution in [3.05, 3.63) is 72.6 Å². The van der Waals surface area contributed by atoms with Gasteiger partial charge >= 0.3 is 0 Å². The Balaban J connectivity index is 1.66. The maximum Gasteiger partial charge on any atom is 0.242 e. The molecule has 0 spiro atoms. The summed E-state index contributed by atoms with van der Waals surface area (Å²) in [6.07, 6.45) is 1.40. The van der Waals surface area contributed by atoms with Gasteiger partial charge in [0.2, 0.25) is 5.91 Å². The van der Waals surface area contributed by atoms with Gasteiger partial charge < -0.3 is 10.1 Å². The van der Waals surface area contributed by atoms with Crippen LogP contribution >= 0.6 is 0 Å². The predicted molar refractivity (Wildman–Crippen MR) is 87.1 cm³/mol. The van der Waals surface area contributed by atoms with Gasteiger partial charge in [0, 0.05) is 0 Å². The predicted octanol–water partition coefficient (Wildman–Crippen LogP) is 1.61. The second-order valence-electron chi connectivity index (χ2n) is 5.16. The molecule has 1 aromatic heterocycles. The van der Waals surface area contributed by atoms with Crippen LogP contribution in [0.1, 0.15) is 11.6 Å². The van der Waals surface area contributed by atoms with Crippen molar-refractivity contribution in [2.24, 2.45) is 0 Å². The zero-order valence-electron chi connectivity index (χ0n) is 12.9. The minimum absolute atomic E-state index is 0.0572. The smallest absolute Gasteiger partial charge is 0.242 e. The first-order valence-corrected chi connectivity index (χ1v) is 7.54. The van der Waals surface area contributed by atoms with Crippen molar-refractivity contribution in [3.8, 4) is 5.75 Å². The molecular weight excluding hydrogens is 306 g/mol. The summed E-state index contributed by atoms with van der Waals surface area (Å²) in [5.41, 5.74) is 0.971. The van der Waals surface area contributed by atoms with E-state index in [9.17, 15) is 4.79 Å². The van der Waals surface area contributed by atoms with Gasteiger partial charge in [-0.25, -0.2) is 4.68 Å². The Hall–Kier alpha value is -3.22. The van der Waals surface area contributed by atoms with Gasteiger partial charge in [0.05, 0.1) is 6.04 Å². The summed E-state index contributed by atoms with van der Waals surface area (Å²) in [5.74, 6) is 0.570. The van der Waals surface area contributed by atoms with Crippen molar-refractivity contribution in [1.82, 2.24) is 25.5 Å². The van der Waals surface area contributed by atoms with Crippen molar-refractivity contribution < 1.29 is 9.53 Å². The Kier molecular flexibility index (Phi) is 5.14. The number of tetrazole rings is 1. The van der Waals surface area contributed by atoms with Crippen LogP contribution in [0.2, 0.25) is 0 Å². The molecule has 1 atom stereocenters. The van der Waals surface area contributed by atoms with Crippen LogP contribution < -0.4 is 10.1 Å². The lowest BCUT2D eigenvalue weighted by Crippen LogP contribution is -2.34. The number of carbonyl (C=O) groups is 1. The van der Waals surface area contributed by atoms with Crippen LogP contribution in [0, 0.1) is 0 Å². The summed E-state index contributed by atoms with van der Waals surface area (Å²) in [4.78, 5) is 12.2. The van der Waals surface area contributed by atoms with Crippen LogP contribution in [0.4, 0.5) is 0 Å². The third-order valence-electron chi connectivity index (χ3n) is 3.39. The number of benzene rings is 2. The van der Waals surface area contributed by atoms with Gasteiger partial charge in [-0.1, -0.05) is 48.5 Å². The van der Waals surface area contributed by atoms with Crippen LogP contribution in [0.5, 0.6) is 5.75 Å². The minimum Gasteiger partial charge on any atom is -0.491 e. The fourth-order valence-electron chi connectivity index (χ4n) is 2.24. The molecule has 122 valence electrons. The number of ether oxygens (including phenoxy) is 1. The first kappa shape index (κ1) is 15.7. The molecule has 1 N–H and O–H groups in total. The summed E-state index contributed by atoms with van der Waals surface area (Å²) in [6, 6.07) is 18.9. The molecule has 24 heavy (non-hydrogen) atoms. The molecule has 1 heterocycles. The normalized spacial score (nSPS) is 11.7. The monoisotopic (exact) mass is 323 g/mol. The number of para-hydroxylation sites is 1. The van der Waals surface area contributed by atoms with Crippen molar-refractivity contribution in [2.75, 3.05) is 6.61 Å². The Morgan fingerprint density at radius 3 is 2.46 bits per heavy atom. The maximum absolute atomic E-state index is 12.2. The average Bonchev–Trinajstić information content (AvgIpc) is 3.13. The molecule has 0 aliphatic heterocycles. The standard InChI is InChI=1S/C17H17N5O2/c23-17(11-22-13-18-20-21-22)19-16(14-7-3-1-4-8-14)12-24-15-9-5-2-6-10-15/h1-10,13,16H,11-12H2,(H,19,23). The van der Waals surface area contributed by atoms with Crippen LogP contribution in [0.25, 0.3) is 0 Å². The van der Waals surface area contributed by atoms with E-state index in [0.717, 1.165) is 11.3 Å². The fourth-order valence-corrected chi connectivity index (χ4v) is 2.24. The summed E-state index contributed by atoms with van der Waals surface area (Å²) in [5, 5.41) is 13.7. The molecule has 1 unspecified atom stereocenters. The molecule has 7 nitrogen and oxygen atoms in total. The third kappa shape index (κ3) is 4.39. The molecule has 7 heteroatoms. The van der Waals surface area contributed by atoms with Crippen molar-refractivity contribution in [1.29, 1.82) is 0 Å². The van der Waals surface area contributed by atoms with Crippen LogP contribution in [0.15, 0.2) is 67.0 Å². The molecule has 0 fully saturated rings. The number of amides is 1. The number of aromatic nitrogens is 4. The molecule has 0 aliphatic carbocycles. The van der Waals surface area contributed by atoms with Crippen molar-refractivity contribution in [2.45, 2.75) is 12.6 Å². The van der Waals surface area contributed by atoms with E-state index in [-0.39, 0.29) is 18.5 Å². The second kappa shape index (κ2) is 7.87. The van der Waals surface area contributed by atoms with Gasteiger partial charge in [-0.05, 0) is 28.1 Å². The Bertz CT molecular complexity index is 747. The SMILES string of the molecule is O=C(Cn1cnnn1)NC(COc1ccccc1)c1ccccc1. The summed E-state index contributed by atoms with van der Waals surface area (Å²) in [6.45, 7) is 0.386. The molecule has 3 aromatic rings. The quantitative estimate of drug-likeness (QED) is 0.714. The Labute approximate surface area is 139 Å². The third-order valence-corrected chi connectivity index (χ3v) is 3.39. The van der Waals surface area contributed by atoms with Gasteiger partial charge in [0.1, 0.15) is 25.2 Å². The van der Waals surface area contributed by atoms with E-state index in [1.165, 1.54) is 11.0 Å². The Morgan fingerprint density at radius 1 is 1.08 bits per heavy atom. The topological polar surface area (TPSA) is 81.9 Å². The molecule has 2 aromatic carbocycles. The van der Waals surface area contributed by atoms with E-state index in [2.05, 4.69) is 20.8 Å². The highest BCUT2D eigenvalue weighted by molar-refractivity contribution is 5.76. The van der Waals surface area contributed by atoms with E-state index >= 15 is 0 Å². The lowest BCUT2D eigenvalue weighted by atomic mass is 10.1. The maximum atomic E-state index is 12.2. The molecule has 3 rings (SSSR count). The number of nitrogens with one attached hydrogen (secondary N) is 1. The highest BCUT2D eigenvalue weighted by Gasteiger charge is 2.16. The van der Waals surface area contributed by atoms with E-state index in [1.54, 1.807) is 0 Å². The van der Waals surface area contributed by atoms with Gasteiger partial charge in [0.15, 0.2) is 0 Å². The molecule has 0 saturated heterocycles. The van der Waals surface area contributed by atoms with Gasteiger partial charge in [-0.15, -0.1) is 5.10 Å². The number of hydrogen-bond acceptors (Lipinski definition) is 5. The number of carbonyl (C=O) groups excluding carboxylic acids is 1. The molecule has 1 amide bonds. The van der Waals surface area contributed by atoms with Crippen LogP contribution in [-0.4, -0.2) is 32.7 Å². The van der Waals surface area contributed by atoms with Gasteiger partial charge in [-0.3, -0.25) is 4.79 Å². The van der Waals surface area contributed by atoms with Crippen molar-refractivity contribution in [3.63, 3.8) is 0 Å². The van der Waals surface area contributed by atoms with Crippen LogP contribution in [-0.2, 0) is 11.3 Å². The molecule has 0 radical (unpaired) electrons. The van der Waals surface area contributed by atoms with E-state index < -0.39 is 0 Å². The molecule has 0 bridgehead atoms. The lowest BCUT2D eigenvalue weighted by Gasteiger charge is -2.20. The van der Waals surface area contributed by atoms with Crippen molar-refractivity contribution >= 4 is 5.91 Å². The summed E-state index contributed by atoms with van der Waals surface area (Å²) in [7, 11) is 0. The zero-order chi connectivity index (χ0) is 16.6. The van der Waals surface area contributed by atoms with Gasteiger partial charge in [-0.2, -0.15) is 0 Å². The second-order valence-corrected chi connectivity index (χ2v) is 5.16. The zero-order valence-corrected chi connectivity index (χ0v) is 12.9. The van der Waals surface area contributed by atoms with E-state index in [4.69, 9.17) is 4.74 Å². The molecular formula is C17H17N5O2. The average molecular weight is 323 g/mol. The number of nitrogens with zero attached hydrogens (tertiary/aromatic N) is 4. The molecule has 0 aliphatic rings. The molecule has 0 saturated carbocycles. The highest BCUT2D eigenvalue weighted by atomic mass is 16.5. The Morgan fingerprint density at radius 2 is 1.79 bits per heavy atom. The fraction of sp³-hybridized carbons (Fsp3) is 0.176. The van der Waals surface area contributed by atoms with E-state index in [1.807, 2.05) is 60.7 Å². The summed E-state index contributed by atoms with van der Waals surface area (Å²) >= 11 is 0. The first-order valence-electron chi connectivity index (χ1n) is 7.54. The highest BCUT2D eigenvalue weighted by Crippen LogP contribution is 2.16. The lowest BCUT2D eigenvalue weighted by molar-refractivity contribution is -0.122. The van der Waals surface area contributed by atoms with Gasteiger partial charge in [0.25, 0.3) is 0 Å². The van der Waals surface area contributed by atoms with E-state index in [0.29, 0.717) is 6.61 Å². The first-order chi connectivity index (χ1) is 11.8. The number of rotatable bonds is 7. The van der Waals surface area contributed by atoms with Crippen LogP contribution in [0.3, 0.4) is 0 Å². The minimum atomic E-state index is -0.268. The largest absolute Gasteiger partial charge is 0.491 e. The summed E-state index contributed by atoms with van der Waals surface area (Å²) < 4.78 is 7.17. The number of hydrogen-bond donors (Lipinski definition) is 1.